The summed E-state index contributed by atoms with van der Waals surface area (Å²) in [6, 6.07) is 18.2. The minimum Gasteiger partial charge on any atom is -0.469 e. The summed E-state index contributed by atoms with van der Waals surface area (Å²) in [5.41, 5.74) is 6.71. The summed E-state index contributed by atoms with van der Waals surface area (Å²) in [6.45, 7) is 4.47. The van der Waals surface area contributed by atoms with Crippen LogP contribution in [0.2, 0.25) is 0 Å². The summed E-state index contributed by atoms with van der Waals surface area (Å²) in [6.07, 6.45) is 6.13. The highest BCUT2D eigenvalue weighted by Crippen LogP contribution is 2.07. The van der Waals surface area contributed by atoms with Gasteiger partial charge in [-0.15, -0.1) is 0 Å². The molecule has 0 aliphatic rings. The summed E-state index contributed by atoms with van der Waals surface area (Å²) < 4.78 is 9.14. The van der Waals surface area contributed by atoms with E-state index >= 15 is 0 Å². The molecular weight excluding hydrogens is 594 g/mol. The van der Waals surface area contributed by atoms with Crippen molar-refractivity contribution in [1.82, 2.24) is 9.80 Å². The molecule has 2 N–H and O–H groups in total. The van der Waals surface area contributed by atoms with E-state index in [0.29, 0.717) is 24.8 Å². The Bertz CT molecular complexity index is 1020. The summed E-state index contributed by atoms with van der Waals surface area (Å²) in [4.78, 5) is 48.4. The fourth-order valence-corrected chi connectivity index (χ4v) is 3.91. The van der Waals surface area contributed by atoms with Gasteiger partial charge in [-0.25, -0.2) is 0 Å². The van der Waals surface area contributed by atoms with E-state index in [1.807, 2.05) is 50.5 Å². The normalized spacial score (nSPS) is 9.78. The Labute approximate surface area is 277 Å². The number of unbranched alkanes of at least 4 members (excludes halogenated alkanes) is 1. The molecule has 0 fully saturated rings. The zero-order valence-corrected chi connectivity index (χ0v) is 27.0. The van der Waals surface area contributed by atoms with Crippen LogP contribution in [0.3, 0.4) is 0 Å². The van der Waals surface area contributed by atoms with E-state index in [-0.39, 0.29) is 32.6 Å². The Kier molecular flexibility index (Phi) is 31.8. The van der Waals surface area contributed by atoms with Crippen molar-refractivity contribution >= 4 is 34.6 Å². The molecule has 0 spiro atoms. The Hall–Kier alpha value is -3.11. The number of hydrogen-bond acceptors (Lipinski definition) is 9. The van der Waals surface area contributed by atoms with Gasteiger partial charge in [0.1, 0.15) is 0 Å². The van der Waals surface area contributed by atoms with Gasteiger partial charge in [0.25, 0.3) is 5.24 Å². The predicted molar refractivity (Wildman–Crippen MR) is 186 cm³/mol. The minimum atomic E-state index is -0.407. The first-order valence-electron chi connectivity index (χ1n) is 14.7. The average molecular weight is 652 g/mol. The van der Waals surface area contributed by atoms with Gasteiger partial charge in [-0.2, -0.15) is 0 Å². The number of rotatable bonds is 18. The smallest absolute Gasteiger partial charge is 0.305 e. The Balaban J connectivity index is -0.000000630. The number of hydrogen-bond donors (Lipinski definition) is 1. The van der Waals surface area contributed by atoms with Gasteiger partial charge in [-0.3, -0.25) is 19.2 Å². The van der Waals surface area contributed by atoms with Crippen LogP contribution in [0.4, 0.5) is 0 Å². The molecule has 256 valence electrons. The van der Waals surface area contributed by atoms with Gasteiger partial charge in [0.15, 0.2) is 5.78 Å². The molecule has 0 aliphatic heterocycles. The average Bonchev–Trinajstić information content (AvgIpc) is 3.03. The molecule has 2 aromatic carbocycles. The first-order chi connectivity index (χ1) is 20.6. The molecule has 0 saturated heterocycles. The molecule has 2 aromatic rings. The minimum absolute atomic E-state index is 0. The van der Waals surface area contributed by atoms with Crippen LogP contribution in [0.1, 0.15) is 86.9 Å². The number of benzene rings is 2. The molecule has 0 bridgehead atoms. The molecule has 0 aliphatic carbocycles. The lowest BCUT2D eigenvalue weighted by molar-refractivity contribution is -0.141. The van der Waals surface area contributed by atoms with E-state index in [4.69, 9.17) is 17.3 Å². The van der Waals surface area contributed by atoms with Gasteiger partial charge in [0.05, 0.1) is 14.2 Å². The van der Waals surface area contributed by atoms with E-state index in [2.05, 4.69) is 19.3 Å². The van der Waals surface area contributed by atoms with Crippen molar-refractivity contribution in [2.75, 3.05) is 61.0 Å². The van der Waals surface area contributed by atoms with Crippen molar-refractivity contribution in [3.8, 4) is 0 Å². The largest absolute Gasteiger partial charge is 0.469 e. The van der Waals surface area contributed by atoms with Crippen LogP contribution >= 0.6 is 11.6 Å². The summed E-state index contributed by atoms with van der Waals surface area (Å²) >= 11 is 5.16. The van der Waals surface area contributed by atoms with Crippen LogP contribution in [0.25, 0.3) is 0 Å². The summed E-state index contributed by atoms with van der Waals surface area (Å²) in [5, 5.41) is -0.407. The SMILES string of the molecule is C.C.COC(=O)CCCN(C)CCCCC(=O)c1ccccc1.COC(=O)CCCN(C)CCCN.O=C(Cl)c1ccccc1. The van der Waals surface area contributed by atoms with Crippen LogP contribution in [0.5, 0.6) is 0 Å². The number of Topliss-reactive ketones (excluding diaryl/α,β-unsaturated/α-hetero) is 1. The van der Waals surface area contributed by atoms with Crippen molar-refractivity contribution in [1.29, 1.82) is 0 Å². The lowest BCUT2D eigenvalue weighted by Gasteiger charge is -2.15. The number of nitrogens with zero attached hydrogens (tertiary/aromatic N) is 2. The lowest BCUT2D eigenvalue weighted by atomic mass is 10.1. The number of methoxy groups -OCH3 is 2. The standard InChI is InChI=1S/C17H25NO3.C9H20N2O2.C7H5ClO.2CH4/c1-18(14-8-12-17(20)21-2)13-7-6-11-16(19)15-9-4-3-5-10-15;1-11(8-4-6-10)7-3-5-9(12)13-2;8-7(9)6-4-2-1-3-5-6;;/h3-5,9-10H,6-8,11-14H2,1-2H3;3-8,10H2,1-2H3;1-5H;2*1H4. The highest BCUT2D eigenvalue weighted by atomic mass is 35.5. The topological polar surface area (TPSA) is 119 Å². The third kappa shape index (κ3) is 27.0. The van der Waals surface area contributed by atoms with Gasteiger partial charge in [0, 0.05) is 30.4 Å². The van der Waals surface area contributed by atoms with Crippen molar-refractivity contribution in [3.63, 3.8) is 0 Å². The maximum Gasteiger partial charge on any atom is 0.305 e. The molecule has 0 amide bonds. The van der Waals surface area contributed by atoms with Crippen LogP contribution < -0.4 is 5.73 Å². The number of nitrogens with two attached hydrogens (primary N) is 1. The van der Waals surface area contributed by atoms with E-state index in [1.54, 1.807) is 24.3 Å². The third-order valence-electron chi connectivity index (χ3n) is 6.33. The fourth-order valence-electron chi connectivity index (χ4n) is 3.78. The second-order valence-electron chi connectivity index (χ2n) is 9.99. The number of carbonyl (C=O) groups is 4. The number of carbonyl (C=O) groups excluding carboxylic acids is 4. The maximum atomic E-state index is 11.9. The number of halogens is 1. The summed E-state index contributed by atoms with van der Waals surface area (Å²) in [7, 11) is 6.90. The van der Waals surface area contributed by atoms with Crippen molar-refractivity contribution in [2.24, 2.45) is 5.73 Å². The van der Waals surface area contributed by atoms with Crippen molar-refractivity contribution in [2.45, 2.75) is 66.2 Å². The van der Waals surface area contributed by atoms with Gasteiger partial charge in [0.2, 0.25) is 0 Å². The first-order valence-corrected chi connectivity index (χ1v) is 15.1. The van der Waals surface area contributed by atoms with Gasteiger partial charge in [-0.05, 0) is 90.5 Å². The second-order valence-corrected chi connectivity index (χ2v) is 10.3. The first kappa shape index (κ1) is 46.3. The highest BCUT2D eigenvalue weighted by Gasteiger charge is 2.06. The quantitative estimate of drug-likeness (QED) is 0.0835. The van der Waals surface area contributed by atoms with Crippen molar-refractivity contribution < 1.29 is 28.7 Å². The zero-order chi connectivity index (χ0) is 32.3. The van der Waals surface area contributed by atoms with E-state index in [0.717, 1.165) is 70.4 Å². The highest BCUT2D eigenvalue weighted by molar-refractivity contribution is 6.67. The molecule has 0 heterocycles. The molecule has 10 heteroatoms. The maximum absolute atomic E-state index is 11.9. The molecule has 0 unspecified atom stereocenters. The number of ketones is 1. The number of ether oxygens (including phenoxy) is 2. The van der Waals surface area contributed by atoms with E-state index in [1.165, 1.54) is 14.2 Å². The van der Waals surface area contributed by atoms with E-state index < -0.39 is 5.24 Å². The zero-order valence-electron chi connectivity index (χ0n) is 26.3. The second kappa shape index (κ2) is 30.9. The van der Waals surface area contributed by atoms with Crippen LogP contribution in [-0.4, -0.2) is 93.8 Å². The molecule has 2 rings (SSSR count). The monoisotopic (exact) mass is 651 g/mol. The van der Waals surface area contributed by atoms with Gasteiger partial charge in [-0.1, -0.05) is 75.5 Å². The molecule has 0 radical (unpaired) electrons. The molecule has 45 heavy (non-hydrogen) atoms. The molecule has 9 nitrogen and oxygen atoms in total. The molecule has 0 saturated carbocycles. The Morgan fingerprint density at radius 1 is 0.622 bits per heavy atom. The van der Waals surface area contributed by atoms with E-state index in [9.17, 15) is 19.2 Å². The summed E-state index contributed by atoms with van der Waals surface area (Å²) in [5.74, 6) is -0.0759. The van der Waals surface area contributed by atoms with Crippen LogP contribution in [0.15, 0.2) is 60.7 Å². The molecule has 0 aromatic heterocycles. The fraction of sp³-hybridized carbons (Fsp3) is 0.543. The third-order valence-corrected chi connectivity index (χ3v) is 6.55. The predicted octanol–water partition coefficient (Wildman–Crippen LogP) is 6.48. The van der Waals surface area contributed by atoms with Gasteiger partial charge < -0.3 is 25.0 Å². The molecular formula is C35H58ClN3O6. The Morgan fingerprint density at radius 3 is 1.40 bits per heavy atom. The van der Waals surface area contributed by atoms with Crippen molar-refractivity contribution in [3.05, 3.63) is 71.8 Å². The van der Waals surface area contributed by atoms with Crippen LogP contribution in [-0.2, 0) is 19.1 Å². The van der Waals surface area contributed by atoms with Crippen LogP contribution in [0, 0.1) is 0 Å². The lowest BCUT2D eigenvalue weighted by Crippen LogP contribution is -2.23. The Morgan fingerprint density at radius 2 is 1.02 bits per heavy atom. The molecule has 0 atom stereocenters. The van der Waals surface area contributed by atoms with Gasteiger partial charge >= 0.3 is 11.9 Å². The number of esters is 2.